The van der Waals surface area contributed by atoms with E-state index in [0.717, 1.165) is 5.69 Å². The summed E-state index contributed by atoms with van der Waals surface area (Å²) >= 11 is 0. The lowest BCUT2D eigenvalue weighted by Gasteiger charge is -2.36. The molecule has 3 aliphatic rings. The molecule has 4 rings (SSSR count). The SMILES string of the molecule is O=C([C@@H]1CC(=O)N(c2ccccc2)C1)N1CCN(C(=O)[C@H]2CCS(=O)(=O)C2)CC1. The van der Waals surface area contributed by atoms with Gasteiger partial charge in [0.1, 0.15) is 0 Å². The van der Waals surface area contributed by atoms with Gasteiger partial charge in [0.05, 0.1) is 23.3 Å². The van der Waals surface area contributed by atoms with Crippen LogP contribution >= 0.6 is 0 Å². The first-order valence-corrected chi connectivity index (χ1v) is 11.8. The summed E-state index contributed by atoms with van der Waals surface area (Å²) in [4.78, 5) is 42.9. The van der Waals surface area contributed by atoms with E-state index in [0.29, 0.717) is 39.1 Å². The molecule has 3 fully saturated rings. The lowest BCUT2D eigenvalue weighted by Crippen LogP contribution is -2.53. The Labute approximate surface area is 170 Å². The lowest BCUT2D eigenvalue weighted by atomic mass is 10.1. The van der Waals surface area contributed by atoms with Crippen molar-refractivity contribution in [1.82, 2.24) is 9.80 Å². The third kappa shape index (κ3) is 4.14. The van der Waals surface area contributed by atoms with Gasteiger partial charge < -0.3 is 14.7 Å². The molecule has 29 heavy (non-hydrogen) atoms. The van der Waals surface area contributed by atoms with E-state index in [1.807, 2.05) is 30.3 Å². The summed E-state index contributed by atoms with van der Waals surface area (Å²) in [5.41, 5.74) is 0.801. The number of piperazine rings is 1. The number of carbonyl (C=O) groups excluding carboxylic acids is 3. The van der Waals surface area contributed by atoms with Crippen LogP contribution in [0, 0.1) is 11.8 Å². The summed E-state index contributed by atoms with van der Waals surface area (Å²) in [6.45, 7) is 2.02. The molecule has 1 aromatic carbocycles. The lowest BCUT2D eigenvalue weighted by molar-refractivity contribution is -0.143. The molecule has 1 aromatic rings. The van der Waals surface area contributed by atoms with Crippen molar-refractivity contribution < 1.29 is 22.8 Å². The van der Waals surface area contributed by atoms with Crippen molar-refractivity contribution >= 4 is 33.2 Å². The molecule has 0 unspecified atom stereocenters. The van der Waals surface area contributed by atoms with E-state index < -0.39 is 15.8 Å². The number of carbonyl (C=O) groups is 3. The largest absolute Gasteiger partial charge is 0.339 e. The summed E-state index contributed by atoms with van der Waals surface area (Å²) in [6.07, 6.45) is 0.590. The molecule has 2 atom stereocenters. The average molecular weight is 420 g/mol. The molecule has 8 nitrogen and oxygen atoms in total. The predicted octanol–water partition coefficient (Wildman–Crippen LogP) is 0.145. The highest BCUT2D eigenvalue weighted by Crippen LogP contribution is 2.27. The summed E-state index contributed by atoms with van der Waals surface area (Å²) in [5, 5.41) is 0. The van der Waals surface area contributed by atoms with Crippen LogP contribution in [-0.4, -0.2) is 80.2 Å². The first kappa shape index (κ1) is 19.9. The number of sulfone groups is 1. The number of hydrogen-bond acceptors (Lipinski definition) is 5. The number of nitrogens with zero attached hydrogens (tertiary/aromatic N) is 3. The Bertz CT molecular complexity index is 909. The number of hydrogen-bond donors (Lipinski definition) is 0. The van der Waals surface area contributed by atoms with Crippen molar-refractivity contribution in [3.05, 3.63) is 30.3 Å². The summed E-state index contributed by atoms with van der Waals surface area (Å²) < 4.78 is 23.2. The van der Waals surface area contributed by atoms with Gasteiger partial charge in [-0.05, 0) is 18.6 Å². The fraction of sp³-hybridized carbons (Fsp3) is 0.550. The van der Waals surface area contributed by atoms with Gasteiger partial charge in [-0.1, -0.05) is 18.2 Å². The molecule has 3 heterocycles. The number of anilines is 1. The quantitative estimate of drug-likeness (QED) is 0.695. The maximum Gasteiger partial charge on any atom is 0.228 e. The molecule has 9 heteroatoms. The van der Waals surface area contributed by atoms with Crippen LogP contribution in [0.25, 0.3) is 0 Å². The smallest absolute Gasteiger partial charge is 0.228 e. The third-order valence-electron chi connectivity index (χ3n) is 6.03. The zero-order chi connectivity index (χ0) is 20.6. The molecule has 156 valence electrons. The van der Waals surface area contributed by atoms with Gasteiger partial charge >= 0.3 is 0 Å². The second kappa shape index (κ2) is 7.78. The van der Waals surface area contributed by atoms with Crippen LogP contribution in [-0.2, 0) is 24.2 Å². The number of benzene rings is 1. The first-order chi connectivity index (χ1) is 13.8. The van der Waals surface area contributed by atoms with E-state index in [9.17, 15) is 22.8 Å². The van der Waals surface area contributed by atoms with Gasteiger partial charge in [0.2, 0.25) is 17.7 Å². The van der Waals surface area contributed by atoms with Gasteiger partial charge in [0.15, 0.2) is 9.84 Å². The maximum atomic E-state index is 12.9. The van der Waals surface area contributed by atoms with E-state index in [1.165, 1.54) is 0 Å². The first-order valence-electron chi connectivity index (χ1n) is 9.97. The molecule has 0 radical (unpaired) electrons. The fourth-order valence-corrected chi connectivity index (χ4v) is 6.12. The van der Waals surface area contributed by atoms with Gasteiger partial charge in [0.25, 0.3) is 0 Å². The normalized spacial score (nSPS) is 26.8. The van der Waals surface area contributed by atoms with E-state index in [4.69, 9.17) is 0 Å². The molecular formula is C20H25N3O5S. The van der Waals surface area contributed by atoms with Crippen LogP contribution in [0.1, 0.15) is 12.8 Å². The molecule has 0 bridgehead atoms. The summed E-state index contributed by atoms with van der Waals surface area (Å²) in [7, 11) is -3.10. The topological polar surface area (TPSA) is 95.1 Å². The van der Waals surface area contributed by atoms with Crippen molar-refractivity contribution in [3.63, 3.8) is 0 Å². The highest BCUT2D eigenvalue weighted by atomic mass is 32.2. The van der Waals surface area contributed by atoms with Crippen LogP contribution < -0.4 is 4.90 Å². The standard InChI is InChI=1S/C20H25N3O5S/c24-18-12-16(13-23(18)17-4-2-1-3-5-17)20(26)22-9-7-21(8-10-22)19(25)15-6-11-29(27,28)14-15/h1-5,15-16H,6-14H2/t15-,16+/m0/s1. The Morgan fingerprint density at radius 3 is 2.03 bits per heavy atom. The van der Waals surface area contributed by atoms with Gasteiger partial charge in [-0.2, -0.15) is 0 Å². The second-order valence-electron chi connectivity index (χ2n) is 7.99. The van der Waals surface area contributed by atoms with Crippen LogP contribution in [0.5, 0.6) is 0 Å². The van der Waals surface area contributed by atoms with Gasteiger partial charge in [-0.3, -0.25) is 14.4 Å². The van der Waals surface area contributed by atoms with E-state index in [1.54, 1.807) is 14.7 Å². The second-order valence-corrected chi connectivity index (χ2v) is 10.2. The Morgan fingerprint density at radius 2 is 1.48 bits per heavy atom. The van der Waals surface area contributed by atoms with Crippen molar-refractivity contribution in [2.45, 2.75) is 12.8 Å². The summed E-state index contributed by atoms with van der Waals surface area (Å²) in [5.74, 6) is -1.03. The van der Waals surface area contributed by atoms with Crippen LogP contribution in [0.2, 0.25) is 0 Å². The number of para-hydroxylation sites is 1. The van der Waals surface area contributed by atoms with Gasteiger partial charge in [-0.25, -0.2) is 8.42 Å². The van der Waals surface area contributed by atoms with E-state index >= 15 is 0 Å². The number of amides is 3. The third-order valence-corrected chi connectivity index (χ3v) is 7.79. The van der Waals surface area contributed by atoms with Gasteiger partial charge in [0, 0.05) is 44.8 Å². The van der Waals surface area contributed by atoms with Crippen molar-refractivity contribution in [3.8, 4) is 0 Å². The van der Waals surface area contributed by atoms with Crippen molar-refractivity contribution in [2.24, 2.45) is 11.8 Å². The molecule has 3 amide bonds. The Morgan fingerprint density at radius 1 is 0.897 bits per heavy atom. The van der Waals surface area contributed by atoms with Crippen molar-refractivity contribution in [1.29, 1.82) is 0 Å². The summed E-state index contributed by atoms with van der Waals surface area (Å²) in [6, 6.07) is 9.33. The predicted molar refractivity (Wildman–Crippen MR) is 107 cm³/mol. The minimum atomic E-state index is -3.10. The monoisotopic (exact) mass is 419 g/mol. The molecule has 3 saturated heterocycles. The van der Waals surface area contributed by atoms with Crippen LogP contribution in [0.3, 0.4) is 0 Å². The number of rotatable bonds is 3. The Balaban J connectivity index is 1.31. The van der Waals surface area contributed by atoms with Gasteiger partial charge in [-0.15, -0.1) is 0 Å². The molecular weight excluding hydrogens is 394 g/mol. The molecule has 0 aromatic heterocycles. The van der Waals surface area contributed by atoms with Crippen molar-refractivity contribution in [2.75, 3.05) is 49.1 Å². The average Bonchev–Trinajstić information content (AvgIpc) is 3.29. The van der Waals surface area contributed by atoms with E-state index in [-0.39, 0.29) is 41.6 Å². The Hall–Kier alpha value is -2.42. The molecule has 0 saturated carbocycles. The highest BCUT2D eigenvalue weighted by molar-refractivity contribution is 7.91. The Kier molecular flexibility index (Phi) is 5.33. The van der Waals surface area contributed by atoms with E-state index in [2.05, 4.69) is 0 Å². The highest BCUT2D eigenvalue weighted by Gasteiger charge is 2.40. The minimum Gasteiger partial charge on any atom is -0.339 e. The zero-order valence-electron chi connectivity index (χ0n) is 16.2. The van der Waals surface area contributed by atoms with Crippen LogP contribution in [0.15, 0.2) is 30.3 Å². The molecule has 0 aliphatic carbocycles. The molecule has 3 aliphatic heterocycles. The maximum absolute atomic E-state index is 12.9. The molecule has 0 N–H and O–H groups in total. The minimum absolute atomic E-state index is 0.0488. The fourth-order valence-electron chi connectivity index (χ4n) is 4.38. The molecule has 0 spiro atoms. The van der Waals surface area contributed by atoms with Crippen LogP contribution in [0.4, 0.5) is 5.69 Å². The zero-order valence-corrected chi connectivity index (χ0v) is 17.0.